The second-order valence-corrected chi connectivity index (χ2v) is 5.72. The molecule has 0 unspecified atom stereocenters. The number of aliphatic hydroxyl groups is 2. The summed E-state index contributed by atoms with van der Waals surface area (Å²) in [6, 6.07) is 0. The highest BCUT2D eigenvalue weighted by molar-refractivity contribution is 5.86. The van der Waals surface area contributed by atoms with Crippen LogP contribution in [-0.2, 0) is 0 Å². The molecule has 1 aliphatic heterocycles. The fraction of sp³-hybridized carbons (Fsp3) is 0.533. The highest BCUT2D eigenvalue weighted by atomic mass is 16.3. The van der Waals surface area contributed by atoms with E-state index in [2.05, 4.69) is 28.8 Å². The molecule has 1 fully saturated rings. The molecule has 2 aliphatic rings. The monoisotopic (exact) mass is 275 g/mol. The molecule has 1 aliphatic carbocycles. The van der Waals surface area contributed by atoms with E-state index in [9.17, 15) is 10.2 Å². The maximum absolute atomic E-state index is 10.3. The molecule has 0 radical (unpaired) electrons. The minimum atomic E-state index is -0.718. The molecule has 0 amide bonds. The van der Waals surface area contributed by atoms with Gasteiger partial charge in [-0.05, 0) is 18.8 Å². The second-order valence-electron chi connectivity index (χ2n) is 5.72. The maximum Gasteiger partial charge on any atom is 0.0953 e. The Kier molecular flexibility index (Phi) is 3.40. The van der Waals surface area contributed by atoms with Gasteiger partial charge in [-0.2, -0.15) is 0 Å². The third-order valence-corrected chi connectivity index (χ3v) is 4.48. The predicted molar refractivity (Wildman–Crippen MR) is 78.9 cm³/mol. The number of H-pyrrole nitrogens is 1. The first-order valence-electron chi connectivity index (χ1n) is 7.19. The van der Waals surface area contributed by atoms with E-state index in [1.54, 1.807) is 6.34 Å². The van der Waals surface area contributed by atoms with Crippen LogP contribution in [0.3, 0.4) is 0 Å². The summed E-state index contributed by atoms with van der Waals surface area (Å²) >= 11 is 0. The second kappa shape index (κ2) is 5.07. The molecule has 5 nitrogen and oxygen atoms in total. The van der Waals surface area contributed by atoms with Crippen LogP contribution < -0.4 is 5.32 Å². The Morgan fingerprint density at radius 2 is 2.20 bits per heavy atom. The fourth-order valence-corrected chi connectivity index (χ4v) is 3.42. The summed E-state index contributed by atoms with van der Waals surface area (Å²) in [6.07, 6.45) is 4.91. The molecule has 1 aromatic rings. The molecule has 108 valence electrons. The molecule has 0 aromatic carbocycles. The van der Waals surface area contributed by atoms with Gasteiger partial charge >= 0.3 is 0 Å². The number of aliphatic imine (C=N–C) groups is 1. The minimum absolute atomic E-state index is 0.0652. The third kappa shape index (κ3) is 1.98. The van der Waals surface area contributed by atoms with Crippen molar-refractivity contribution in [2.24, 2.45) is 10.9 Å². The molecule has 1 aromatic heterocycles. The summed E-state index contributed by atoms with van der Waals surface area (Å²) in [5.74, 6) is 0.101. The highest BCUT2D eigenvalue weighted by Crippen LogP contribution is 2.45. The van der Waals surface area contributed by atoms with Gasteiger partial charge < -0.3 is 20.5 Å². The number of nitrogens with one attached hydrogen (secondary N) is 2. The van der Waals surface area contributed by atoms with Gasteiger partial charge in [0.15, 0.2) is 0 Å². The lowest BCUT2D eigenvalue weighted by Crippen LogP contribution is -2.27. The standard InChI is InChI=1S/C15H21N3O2/c1-3-4-9-5-10(15(20)14(9)19)11-6-16-12-8(2)17-7-18-13(11)12/h6-7,9-10,14-16,19-20H,2-5H2,1H3,(H,17,18)/t9-,10-,14+,15-/m0/s1. The van der Waals surface area contributed by atoms with Gasteiger partial charge in [0.2, 0.25) is 0 Å². The van der Waals surface area contributed by atoms with E-state index in [1.807, 2.05) is 6.20 Å². The van der Waals surface area contributed by atoms with Gasteiger partial charge in [0.1, 0.15) is 0 Å². The van der Waals surface area contributed by atoms with E-state index in [0.29, 0.717) is 0 Å². The number of hydrogen-bond acceptors (Lipinski definition) is 4. The summed E-state index contributed by atoms with van der Waals surface area (Å²) < 4.78 is 0. The minimum Gasteiger partial charge on any atom is -0.390 e. The molecule has 4 N–H and O–H groups in total. The third-order valence-electron chi connectivity index (χ3n) is 4.48. The van der Waals surface area contributed by atoms with Crippen molar-refractivity contribution in [3.8, 4) is 0 Å². The molecule has 20 heavy (non-hydrogen) atoms. The zero-order chi connectivity index (χ0) is 14.3. The molecular formula is C15H21N3O2. The van der Waals surface area contributed by atoms with Crippen molar-refractivity contribution in [2.75, 3.05) is 0 Å². The Bertz CT molecular complexity index is 549. The number of nitrogens with zero attached hydrogens (tertiary/aromatic N) is 1. The van der Waals surface area contributed by atoms with Crippen LogP contribution in [0.25, 0.3) is 5.70 Å². The number of fused-ring (bicyclic) bond motifs is 1. The Morgan fingerprint density at radius 3 is 2.95 bits per heavy atom. The fourth-order valence-electron chi connectivity index (χ4n) is 3.42. The van der Waals surface area contributed by atoms with Crippen molar-refractivity contribution in [1.82, 2.24) is 10.3 Å². The van der Waals surface area contributed by atoms with Crippen LogP contribution in [0.1, 0.15) is 43.4 Å². The van der Waals surface area contributed by atoms with E-state index in [0.717, 1.165) is 41.9 Å². The van der Waals surface area contributed by atoms with Gasteiger partial charge in [-0.3, -0.25) is 0 Å². The zero-order valence-corrected chi connectivity index (χ0v) is 11.6. The molecule has 5 heteroatoms. The summed E-state index contributed by atoms with van der Waals surface area (Å²) in [4.78, 5) is 7.52. The van der Waals surface area contributed by atoms with Gasteiger partial charge in [-0.15, -0.1) is 0 Å². The zero-order valence-electron chi connectivity index (χ0n) is 11.6. The SMILES string of the molecule is C=C1NC=Nc2c([C@@H]3C[C@H](CCC)[C@@H](O)[C@H]3O)c[nH]c21. The smallest absolute Gasteiger partial charge is 0.0953 e. The van der Waals surface area contributed by atoms with Gasteiger partial charge in [-0.1, -0.05) is 19.9 Å². The normalized spacial score (nSPS) is 32.2. The lowest BCUT2D eigenvalue weighted by molar-refractivity contribution is 0.0129. The Hall–Kier alpha value is -1.59. The molecule has 1 saturated carbocycles. The Morgan fingerprint density at radius 1 is 1.40 bits per heavy atom. The first-order chi connectivity index (χ1) is 9.63. The molecule has 2 heterocycles. The van der Waals surface area contributed by atoms with Gasteiger partial charge in [0, 0.05) is 17.7 Å². The quantitative estimate of drug-likeness (QED) is 0.680. The van der Waals surface area contributed by atoms with E-state index >= 15 is 0 Å². The molecule has 0 bridgehead atoms. The lowest BCUT2D eigenvalue weighted by Gasteiger charge is -2.18. The van der Waals surface area contributed by atoms with Gasteiger partial charge in [0.25, 0.3) is 0 Å². The van der Waals surface area contributed by atoms with Crippen molar-refractivity contribution in [2.45, 2.75) is 44.3 Å². The van der Waals surface area contributed by atoms with Crippen LogP contribution in [0.15, 0.2) is 17.8 Å². The van der Waals surface area contributed by atoms with Gasteiger partial charge in [0.05, 0.1) is 35.6 Å². The van der Waals surface area contributed by atoms with Crippen molar-refractivity contribution in [1.29, 1.82) is 0 Å². The molecule has 3 rings (SSSR count). The topological polar surface area (TPSA) is 80.6 Å². The van der Waals surface area contributed by atoms with Crippen molar-refractivity contribution in [3.05, 3.63) is 24.0 Å². The van der Waals surface area contributed by atoms with Crippen LogP contribution in [-0.4, -0.2) is 33.7 Å². The van der Waals surface area contributed by atoms with Gasteiger partial charge in [-0.25, -0.2) is 4.99 Å². The number of aromatic amines is 1. The number of aromatic nitrogens is 1. The van der Waals surface area contributed by atoms with Crippen LogP contribution in [0.2, 0.25) is 0 Å². The average Bonchev–Trinajstić information content (AvgIpc) is 2.97. The largest absolute Gasteiger partial charge is 0.390 e. The Balaban J connectivity index is 1.91. The molecule has 0 saturated heterocycles. The van der Waals surface area contributed by atoms with E-state index in [4.69, 9.17) is 0 Å². The Labute approximate surface area is 118 Å². The molecule has 0 spiro atoms. The molecule has 4 atom stereocenters. The number of aliphatic hydroxyl groups excluding tert-OH is 2. The van der Waals surface area contributed by atoms with Crippen molar-refractivity contribution >= 4 is 17.7 Å². The maximum atomic E-state index is 10.3. The van der Waals surface area contributed by atoms with Crippen LogP contribution >= 0.6 is 0 Å². The lowest BCUT2D eigenvalue weighted by atomic mass is 9.94. The van der Waals surface area contributed by atoms with Crippen LogP contribution in [0, 0.1) is 5.92 Å². The van der Waals surface area contributed by atoms with Crippen molar-refractivity contribution in [3.63, 3.8) is 0 Å². The van der Waals surface area contributed by atoms with E-state index in [1.165, 1.54) is 0 Å². The van der Waals surface area contributed by atoms with E-state index < -0.39 is 12.2 Å². The highest BCUT2D eigenvalue weighted by Gasteiger charge is 2.43. The summed E-state index contributed by atoms with van der Waals surface area (Å²) in [5, 5.41) is 23.5. The summed E-state index contributed by atoms with van der Waals surface area (Å²) in [5.41, 5.74) is 3.45. The van der Waals surface area contributed by atoms with Crippen molar-refractivity contribution < 1.29 is 10.2 Å². The van der Waals surface area contributed by atoms with E-state index in [-0.39, 0.29) is 11.8 Å². The first kappa shape index (κ1) is 13.4. The first-order valence-corrected chi connectivity index (χ1v) is 7.19. The van der Waals surface area contributed by atoms with Crippen LogP contribution in [0.4, 0.5) is 5.69 Å². The average molecular weight is 275 g/mol. The molecular weight excluding hydrogens is 254 g/mol. The summed E-state index contributed by atoms with van der Waals surface area (Å²) in [6.45, 7) is 6.03. The number of rotatable bonds is 3. The van der Waals surface area contributed by atoms with Crippen LogP contribution in [0.5, 0.6) is 0 Å². The summed E-state index contributed by atoms with van der Waals surface area (Å²) in [7, 11) is 0. The predicted octanol–water partition coefficient (Wildman–Crippen LogP) is 1.87. The number of hydrogen-bond donors (Lipinski definition) is 4.